The molecule has 0 saturated carbocycles. The lowest BCUT2D eigenvalue weighted by Gasteiger charge is -2.23. The summed E-state index contributed by atoms with van der Waals surface area (Å²) >= 11 is 1.16. The van der Waals surface area contributed by atoms with Gasteiger partial charge in [-0.1, -0.05) is 42.1 Å². The van der Waals surface area contributed by atoms with Crippen molar-refractivity contribution in [1.82, 2.24) is 15.5 Å². The van der Waals surface area contributed by atoms with Crippen molar-refractivity contribution in [3.8, 4) is 17.2 Å². The molecule has 2 heterocycles. The third-order valence-corrected chi connectivity index (χ3v) is 5.02. The fraction of sp³-hybridized carbons (Fsp3) is 0.250. The molecule has 4 rings (SSSR count). The van der Waals surface area contributed by atoms with Crippen LogP contribution in [0.5, 0.6) is 17.2 Å². The Hall–Kier alpha value is -3.20. The van der Waals surface area contributed by atoms with Gasteiger partial charge in [-0.2, -0.15) is 0 Å². The molecule has 0 unspecified atom stereocenters. The summed E-state index contributed by atoms with van der Waals surface area (Å²) < 4.78 is 22.4. The Labute approximate surface area is 171 Å². The number of fused-ring (bicyclic) bond motifs is 1. The van der Waals surface area contributed by atoms with E-state index in [1.54, 1.807) is 7.11 Å². The lowest BCUT2D eigenvalue weighted by molar-refractivity contribution is -0.118. The maximum Gasteiger partial charge on any atom is 0.277 e. The molecule has 0 bridgehead atoms. The average molecular weight is 413 g/mol. The summed E-state index contributed by atoms with van der Waals surface area (Å²) in [5.74, 6) is 2.37. The molecule has 8 nitrogen and oxygen atoms in total. The molecule has 29 heavy (non-hydrogen) atoms. The fourth-order valence-corrected chi connectivity index (χ4v) is 3.37. The first-order valence-electron chi connectivity index (χ1n) is 8.96. The van der Waals surface area contributed by atoms with E-state index in [2.05, 4.69) is 15.5 Å². The highest BCUT2D eigenvalue weighted by atomic mass is 32.2. The van der Waals surface area contributed by atoms with Gasteiger partial charge in [-0.15, -0.1) is 10.2 Å². The largest absolute Gasteiger partial charge is 0.496 e. The summed E-state index contributed by atoms with van der Waals surface area (Å²) in [5, 5.41) is 11.1. The number of hydrogen-bond donors (Lipinski definition) is 1. The van der Waals surface area contributed by atoms with E-state index in [1.807, 2.05) is 48.5 Å². The molecule has 1 N–H and O–H groups in total. The Kier molecular flexibility index (Phi) is 5.85. The molecule has 2 aromatic carbocycles. The highest BCUT2D eigenvalue weighted by molar-refractivity contribution is 7.99. The first kappa shape index (κ1) is 19.1. The van der Waals surface area contributed by atoms with Gasteiger partial charge < -0.3 is 23.9 Å². The van der Waals surface area contributed by atoms with Crippen LogP contribution in [0.15, 0.2) is 58.2 Å². The number of benzene rings is 2. The summed E-state index contributed by atoms with van der Waals surface area (Å²) in [6, 6.07) is 14.9. The number of nitrogens with one attached hydrogen (secondary N) is 1. The van der Waals surface area contributed by atoms with Crippen LogP contribution in [0.3, 0.4) is 0 Å². The highest BCUT2D eigenvalue weighted by Crippen LogP contribution is 2.35. The van der Waals surface area contributed by atoms with Gasteiger partial charge in [-0.25, -0.2) is 0 Å². The predicted octanol–water partition coefficient (Wildman–Crippen LogP) is 3.00. The molecule has 0 aliphatic carbocycles. The van der Waals surface area contributed by atoms with Gasteiger partial charge in [0.2, 0.25) is 12.0 Å². The Morgan fingerprint density at radius 3 is 2.83 bits per heavy atom. The minimum Gasteiger partial charge on any atom is -0.496 e. The van der Waals surface area contributed by atoms with Gasteiger partial charge in [0.05, 0.1) is 12.9 Å². The van der Waals surface area contributed by atoms with Crippen LogP contribution in [-0.4, -0.2) is 35.6 Å². The van der Waals surface area contributed by atoms with Gasteiger partial charge >= 0.3 is 0 Å². The Morgan fingerprint density at radius 2 is 1.97 bits per heavy atom. The van der Waals surface area contributed by atoms with Gasteiger partial charge in [-0.3, -0.25) is 4.79 Å². The van der Waals surface area contributed by atoms with Gasteiger partial charge in [0, 0.05) is 12.1 Å². The highest BCUT2D eigenvalue weighted by Gasteiger charge is 2.27. The van der Waals surface area contributed by atoms with Crippen molar-refractivity contribution in [2.75, 3.05) is 19.5 Å². The number of para-hydroxylation sites is 3. The van der Waals surface area contributed by atoms with Crippen LogP contribution < -0.4 is 19.5 Å². The molecule has 1 aliphatic heterocycles. The van der Waals surface area contributed by atoms with E-state index >= 15 is 0 Å². The molecule has 9 heteroatoms. The molecule has 1 aliphatic rings. The molecule has 0 radical (unpaired) electrons. The van der Waals surface area contributed by atoms with Crippen LogP contribution in [0.2, 0.25) is 0 Å². The number of rotatable bonds is 7. The monoisotopic (exact) mass is 413 g/mol. The first-order valence-corrected chi connectivity index (χ1v) is 9.95. The topological polar surface area (TPSA) is 95.7 Å². The molecule has 3 aromatic rings. The van der Waals surface area contributed by atoms with Gasteiger partial charge in [0.15, 0.2) is 11.5 Å². The van der Waals surface area contributed by atoms with Crippen molar-refractivity contribution in [3.05, 3.63) is 60.0 Å². The third-order valence-electron chi connectivity index (χ3n) is 4.20. The van der Waals surface area contributed by atoms with Crippen molar-refractivity contribution in [2.24, 2.45) is 0 Å². The molecule has 0 saturated heterocycles. The number of hydrogen-bond acceptors (Lipinski definition) is 8. The maximum absolute atomic E-state index is 12.1. The first-order chi connectivity index (χ1) is 14.2. The van der Waals surface area contributed by atoms with Crippen molar-refractivity contribution >= 4 is 17.7 Å². The SMILES string of the molecule is COc1ccccc1CNC(=O)CSc1nnc([C@@H]2COc3ccccc3O2)o1. The smallest absolute Gasteiger partial charge is 0.277 e. The second-order valence-electron chi connectivity index (χ2n) is 6.15. The summed E-state index contributed by atoms with van der Waals surface area (Å²) in [5.41, 5.74) is 0.906. The van der Waals surface area contributed by atoms with E-state index in [9.17, 15) is 4.79 Å². The number of nitrogens with zero attached hydrogens (tertiary/aromatic N) is 2. The molecule has 1 atom stereocenters. The zero-order valence-electron chi connectivity index (χ0n) is 15.7. The average Bonchev–Trinajstić information content (AvgIpc) is 3.25. The summed E-state index contributed by atoms with van der Waals surface area (Å²) in [4.78, 5) is 12.1. The van der Waals surface area contributed by atoms with Crippen LogP contribution >= 0.6 is 11.8 Å². The van der Waals surface area contributed by atoms with Gasteiger partial charge in [-0.05, 0) is 18.2 Å². The minimum absolute atomic E-state index is 0.146. The number of thioether (sulfide) groups is 1. The zero-order valence-corrected chi connectivity index (χ0v) is 16.5. The fourth-order valence-electron chi connectivity index (χ4n) is 2.77. The lowest BCUT2D eigenvalue weighted by Crippen LogP contribution is -2.24. The van der Waals surface area contributed by atoms with Crippen LogP contribution in [0, 0.1) is 0 Å². The second-order valence-corrected chi connectivity index (χ2v) is 7.07. The van der Waals surface area contributed by atoms with E-state index in [1.165, 1.54) is 0 Å². The van der Waals surface area contributed by atoms with Crippen molar-refractivity contribution in [3.63, 3.8) is 0 Å². The molecular formula is C20H19N3O5S. The number of aromatic nitrogens is 2. The van der Waals surface area contributed by atoms with E-state index in [0.717, 1.165) is 23.1 Å². The summed E-state index contributed by atoms with van der Waals surface area (Å²) in [6.07, 6.45) is -0.480. The van der Waals surface area contributed by atoms with Crippen molar-refractivity contribution < 1.29 is 23.4 Å². The van der Waals surface area contributed by atoms with Crippen molar-refractivity contribution in [1.29, 1.82) is 0 Å². The minimum atomic E-state index is -0.480. The molecule has 0 fully saturated rings. The van der Waals surface area contributed by atoms with Crippen LogP contribution in [0.4, 0.5) is 0 Å². The third kappa shape index (κ3) is 4.62. The zero-order chi connectivity index (χ0) is 20.1. The molecular weight excluding hydrogens is 394 g/mol. The van der Waals surface area contributed by atoms with Crippen molar-refractivity contribution in [2.45, 2.75) is 17.9 Å². The second kappa shape index (κ2) is 8.87. The molecule has 150 valence electrons. The van der Waals surface area contributed by atoms with Crippen LogP contribution in [0.1, 0.15) is 17.6 Å². The summed E-state index contributed by atoms with van der Waals surface area (Å²) in [7, 11) is 1.60. The van der Waals surface area contributed by atoms with E-state index in [-0.39, 0.29) is 18.3 Å². The number of ether oxygens (including phenoxy) is 3. The standard InChI is InChI=1S/C20H19N3O5S/c1-25-14-7-3-2-6-13(14)10-21-18(24)12-29-20-23-22-19(28-20)17-11-26-15-8-4-5-9-16(15)27-17/h2-9,17H,10-12H2,1H3,(H,21,24)/t17-/m0/s1. The van der Waals surface area contributed by atoms with E-state index in [0.29, 0.717) is 29.2 Å². The molecule has 0 spiro atoms. The van der Waals surface area contributed by atoms with Gasteiger partial charge in [0.25, 0.3) is 11.1 Å². The Balaban J connectivity index is 1.28. The lowest BCUT2D eigenvalue weighted by atomic mass is 10.2. The number of amides is 1. The Bertz CT molecular complexity index is 994. The number of methoxy groups -OCH3 is 1. The number of carbonyl (C=O) groups excluding carboxylic acids is 1. The van der Waals surface area contributed by atoms with E-state index in [4.69, 9.17) is 18.6 Å². The molecule has 1 amide bonds. The predicted molar refractivity (Wildman–Crippen MR) is 105 cm³/mol. The number of carbonyl (C=O) groups is 1. The van der Waals surface area contributed by atoms with E-state index < -0.39 is 6.10 Å². The molecule has 1 aromatic heterocycles. The Morgan fingerprint density at radius 1 is 1.17 bits per heavy atom. The maximum atomic E-state index is 12.1. The van der Waals surface area contributed by atoms with Gasteiger partial charge in [0.1, 0.15) is 12.4 Å². The quantitative estimate of drug-likeness (QED) is 0.591. The van der Waals surface area contributed by atoms with Crippen LogP contribution in [-0.2, 0) is 11.3 Å². The van der Waals surface area contributed by atoms with Crippen LogP contribution in [0.25, 0.3) is 0 Å². The summed E-state index contributed by atoms with van der Waals surface area (Å²) in [6.45, 7) is 0.661. The normalized spacial score (nSPS) is 15.0.